The Balaban J connectivity index is 1.80. The van der Waals surface area contributed by atoms with Crippen molar-refractivity contribution >= 4 is 10.3 Å². The van der Waals surface area contributed by atoms with Gasteiger partial charge < -0.3 is 9.47 Å². The first-order valence-corrected chi connectivity index (χ1v) is 9.04. The van der Waals surface area contributed by atoms with Gasteiger partial charge in [-0.1, -0.05) is 36.8 Å². The molecule has 0 radical (unpaired) electrons. The molecule has 1 aliphatic heterocycles. The maximum atomic E-state index is 10.9. The summed E-state index contributed by atoms with van der Waals surface area (Å²) in [5.41, 5.74) is 0.951. The largest absolute Gasteiger partial charge is 0.342 e. The molecular formula is C15H21NO5S. The molecule has 1 aromatic carbocycles. The quantitative estimate of drug-likeness (QED) is 0.828. The third-order valence-electron chi connectivity index (χ3n) is 4.26. The number of benzene rings is 1. The Morgan fingerprint density at radius 3 is 2.45 bits per heavy atom. The molecular weight excluding hydrogens is 306 g/mol. The molecule has 1 heterocycles. The topological polar surface area (TPSA) is 84.9 Å². The molecule has 2 N–H and O–H groups in total. The molecule has 1 saturated carbocycles. The van der Waals surface area contributed by atoms with E-state index in [4.69, 9.17) is 14.0 Å². The van der Waals surface area contributed by atoms with E-state index in [-0.39, 0.29) is 12.6 Å². The Morgan fingerprint density at radius 2 is 1.82 bits per heavy atom. The van der Waals surface area contributed by atoms with Crippen molar-refractivity contribution < 1.29 is 22.4 Å². The van der Waals surface area contributed by atoms with Crippen LogP contribution in [0.5, 0.6) is 0 Å². The molecule has 3 rings (SSSR count). The zero-order chi connectivity index (χ0) is 15.6. The summed E-state index contributed by atoms with van der Waals surface area (Å²) in [6.45, 7) is -0.0137. The van der Waals surface area contributed by atoms with Crippen LogP contribution in [0.1, 0.15) is 43.8 Å². The zero-order valence-electron chi connectivity index (χ0n) is 12.3. The van der Waals surface area contributed by atoms with Crippen molar-refractivity contribution in [3.8, 4) is 0 Å². The lowest BCUT2D eigenvalue weighted by molar-refractivity contribution is -0.194. The summed E-state index contributed by atoms with van der Waals surface area (Å²) >= 11 is 0. The van der Waals surface area contributed by atoms with Crippen LogP contribution >= 0.6 is 0 Å². The van der Waals surface area contributed by atoms with E-state index in [1.54, 1.807) is 0 Å². The van der Waals surface area contributed by atoms with Gasteiger partial charge in [-0.15, -0.1) is 0 Å². The van der Waals surface area contributed by atoms with Gasteiger partial charge in [-0.3, -0.25) is 4.55 Å². The number of rotatable bonds is 4. The lowest BCUT2D eigenvalue weighted by Gasteiger charge is -2.32. The molecule has 1 saturated heterocycles. The number of hydrogen-bond acceptors (Lipinski definition) is 4. The summed E-state index contributed by atoms with van der Waals surface area (Å²) in [7, 11) is -4.25. The average molecular weight is 327 g/mol. The van der Waals surface area contributed by atoms with Crippen molar-refractivity contribution in [3.05, 3.63) is 35.9 Å². The van der Waals surface area contributed by atoms with E-state index in [9.17, 15) is 8.42 Å². The normalized spacial score (nSPS) is 28.0. The standard InChI is InChI=1S/C15H21NO5S/c17-22(18,19)16-11-13-14(12-7-3-1-4-8-12)21-15(20-13)9-5-2-6-10-15/h1,3-4,7-8,13-14,16H,2,5-6,9-11H2,(H,17,18,19). The molecule has 2 unspecified atom stereocenters. The third kappa shape index (κ3) is 3.67. The fraction of sp³-hybridized carbons (Fsp3) is 0.600. The lowest BCUT2D eigenvalue weighted by atomic mass is 9.94. The maximum absolute atomic E-state index is 10.9. The van der Waals surface area contributed by atoms with Crippen LogP contribution in [0.25, 0.3) is 0 Å². The number of ether oxygens (including phenoxy) is 2. The van der Waals surface area contributed by atoms with Crippen molar-refractivity contribution in [1.82, 2.24) is 4.72 Å². The van der Waals surface area contributed by atoms with Gasteiger partial charge in [0.25, 0.3) is 0 Å². The van der Waals surface area contributed by atoms with Gasteiger partial charge in [0.15, 0.2) is 5.79 Å². The van der Waals surface area contributed by atoms with Crippen molar-refractivity contribution in [3.63, 3.8) is 0 Å². The van der Waals surface area contributed by atoms with Crippen molar-refractivity contribution in [2.45, 2.75) is 50.1 Å². The second-order valence-electron chi connectivity index (χ2n) is 5.90. The molecule has 0 amide bonds. The zero-order valence-corrected chi connectivity index (χ0v) is 13.1. The smallest absolute Gasteiger partial charge is 0.333 e. The first-order chi connectivity index (χ1) is 10.5. The highest BCUT2D eigenvalue weighted by Crippen LogP contribution is 2.45. The van der Waals surface area contributed by atoms with Crippen LogP contribution in [0.3, 0.4) is 0 Å². The minimum absolute atomic E-state index is 0.0137. The highest BCUT2D eigenvalue weighted by molar-refractivity contribution is 7.83. The summed E-state index contributed by atoms with van der Waals surface area (Å²) in [5.74, 6) is -0.621. The molecule has 2 fully saturated rings. The van der Waals surface area contributed by atoms with Crippen LogP contribution < -0.4 is 4.72 Å². The van der Waals surface area contributed by atoms with E-state index in [1.165, 1.54) is 6.42 Å². The van der Waals surface area contributed by atoms with Crippen LogP contribution in [0, 0.1) is 0 Å². The second kappa shape index (κ2) is 6.25. The minimum atomic E-state index is -4.25. The van der Waals surface area contributed by atoms with E-state index in [2.05, 4.69) is 4.72 Å². The molecule has 1 aliphatic carbocycles. The van der Waals surface area contributed by atoms with Gasteiger partial charge in [0.05, 0.1) is 0 Å². The Kier molecular flexibility index (Phi) is 4.52. The van der Waals surface area contributed by atoms with Gasteiger partial charge in [-0.25, -0.2) is 0 Å². The summed E-state index contributed by atoms with van der Waals surface area (Å²) < 4.78 is 45.2. The first-order valence-electron chi connectivity index (χ1n) is 7.60. The fourth-order valence-electron chi connectivity index (χ4n) is 3.26. The summed E-state index contributed by atoms with van der Waals surface area (Å²) in [5, 5.41) is 0. The van der Waals surface area contributed by atoms with E-state index in [0.29, 0.717) is 0 Å². The summed E-state index contributed by atoms with van der Waals surface area (Å²) in [6.07, 6.45) is 4.09. The predicted molar refractivity (Wildman–Crippen MR) is 80.5 cm³/mol. The SMILES string of the molecule is O=S(=O)(O)NCC1OC2(CCCCC2)OC1c1ccccc1. The van der Waals surface area contributed by atoms with Gasteiger partial charge in [0.2, 0.25) is 0 Å². The van der Waals surface area contributed by atoms with E-state index < -0.39 is 22.2 Å². The Bertz CT molecular complexity index is 598. The van der Waals surface area contributed by atoms with Gasteiger partial charge in [0, 0.05) is 19.4 Å². The van der Waals surface area contributed by atoms with Crippen LogP contribution in [-0.2, 0) is 19.8 Å². The minimum Gasteiger partial charge on any atom is -0.342 e. The Labute approximate surface area is 130 Å². The van der Waals surface area contributed by atoms with Gasteiger partial charge >= 0.3 is 10.3 Å². The molecule has 1 spiro atoms. The van der Waals surface area contributed by atoms with Crippen LogP contribution in [0.15, 0.2) is 30.3 Å². The van der Waals surface area contributed by atoms with Gasteiger partial charge in [-0.05, 0) is 18.4 Å². The molecule has 0 bridgehead atoms. The maximum Gasteiger partial charge on any atom is 0.333 e. The van der Waals surface area contributed by atoms with Crippen LogP contribution in [0.2, 0.25) is 0 Å². The van der Waals surface area contributed by atoms with Crippen LogP contribution in [-0.4, -0.2) is 31.4 Å². The van der Waals surface area contributed by atoms with Gasteiger partial charge in [-0.2, -0.15) is 13.1 Å². The molecule has 7 heteroatoms. The second-order valence-corrected chi connectivity index (χ2v) is 7.14. The highest BCUT2D eigenvalue weighted by Gasteiger charge is 2.48. The third-order valence-corrected chi connectivity index (χ3v) is 4.79. The molecule has 2 atom stereocenters. The number of hydrogen-bond donors (Lipinski definition) is 2. The lowest BCUT2D eigenvalue weighted by Crippen LogP contribution is -2.37. The van der Waals surface area contributed by atoms with Gasteiger partial charge in [0.1, 0.15) is 12.2 Å². The molecule has 1 aromatic rings. The molecule has 6 nitrogen and oxygen atoms in total. The molecule has 2 aliphatic rings. The fourth-order valence-corrected chi connectivity index (χ4v) is 3.64. The summed E-state index contributed by atoms with van der Waals surface area (Å²) in [4.78, 5) is 0. The predicted octanol–water partition coefficient (Wildman–Crippen LogP) is 2.20. The monoisotopic (exact) mass is 327 g/mol. The van der Waals surface area contributed by atoms with E-state index in [1.807, 2.05) is 30.3 Å². The first kappa shape index (κ1) is 15.9. The average Bonchev–Trinajstić information content (AvgIpc) is 2.85. The van der Waals surface area contributed by atoms with E-state index >= 15 is 0 Å². The molecule has 0 aromatic heterocycles. The van der Waals surface area contributed by atoms with Crippen molar-refractivity contribution in [2.75, 3.05) is 6.54 Å². The highest BCUT2D eigenvalue weighted by atomic mass is 32.2. The van der Waals surface area contributed by atoms with Crippen molar-refractivity contribution in [1.29, 1.82) is 0 Å². The Morgan fingerprint density at radius 1 is 1.14 bits per heavy atom. The summed E-state index contributed by atoms with van der Waals surface area (Å²) in [6, 6.07) is 9.63. The number of nitrogens with one attached hydrogen (secondary N) is 1. The van der Waals surface area contributed by atoms with E-state index in [0.717, 1.165) is 31.2 Å². The molecule has 122 valence electrons. The van der Waals surface area contributed by atoms with Crippen LogP contribution in [0.4, 0.5) is 0 Å². The molecule has 22 heavy (non-hydrogen) atoms. The Hall–Kier alpha value is -0.990. The van der Waals surface area contributed by atoms with Crippen molar-refractivity contribution in [2.24, 2.45) is 0 Å².